The van der Waals surface area contributed by atoms with E-state index in [1.54, 1.807) is 0 Å². The summed E-state index contributed by atoms with van der Waals surface area (Å²) >= 11 is 0. The normalized spacial score (nSPS) is 11.1. The van der Waals surface area contributed by atoms with Gasteiger partial charge < -0.3 is 20.4 Å². The van der Waals surface area contributed by atoms with Crippen LogP contribution in [0.1, 0.15) is 490 Å². The van der Waals surface area contributed by atoms with E-state index in [1.807, 2.05) is 0 Å². The average Bonchev–Trinajstić information content (AvgIpc) is 3.58. The van der Waals surface area contributed by atoms with Crippen molar-refractivity contribution in [2.75, 3.05) is 0 Å². The molecule has 0 saturated carbocycles. The Morgan fingerprint density at radius 2 is 0.265 bits per heavy atom. The molecule has 98 heavy (non-hydrogen) atoms. The van der Waals surface area contributed by atoms with Gasteiger partial charge in [0, 0.05) is 59.8 Å². The molecule has 0 unspecified atom stereocenters. The molecule has 0 heterocycles. The van der Waals surface area contributed by atoms with E-state index in [4.69, 9.17) is 20.4 Å². The average molecular weight is 1470 g/mol. The first kappa shape index (κ1) is 107. The van der Waals surface area contributed by atoms with Gasteiger partial charge in [-0.3, -0.25) is 19.2 Å². The van der Waals surface area contributed by atoms with Crippen LogP contribution in [0.4, 0.5) is 0 Å². The molecule has 0 amide bonds. The van der Waals surface area contributed by atoms with E-state index in [9.17, 15) is 19.2 Å². The van der Waals surface area contributed by atoms with E-state index >= 15 is 0 Å². The number of rotatable bonds is 76. The Morgan fingerprint density at radius 1 is 0.173 bits per heavy atom. The second-order valence-electron chi connectivity index (χ2n) is 28.6. The molecule has 0 atom stereocenters. The molecular weight excluding hydrogens is 1300 g/mol. The molecule has 0 saturated heterocycles. The van der Waals surface area contributed by atoms with Crippen molar-refractivity contribution in [2.45, 2.75) is 490 Å². The molecule has 0 rings (SSSR count). The zero-order valence-electron chi connectivity index (χ0n) is 65.7. The second kappa shape index (κ2) is 104. The van der Waals surface area contributed by atoms with Crippen LogP contribution >= 0.6 is 0 Å². The van der Waals surface area contributed by atoms with E-state index in [1.165, 1.54) is 385 Å². The molecule has 0 aromatic rings. The zero-order chi connectivity index (χ0) is 70.9. The number of hydrogen-bond acceptors (Lipinski definition) is 4. The predicted octanol–water partition coefficient (Wildman–Crippen LogP) is 30.7. The molecule has 0 aromatic heterocycles. The summed E-state index contributed by atoms with van der Waals surface area (Å²) < 4.78 is 0. The molecule has 583 valence electrons. The fraction of sp³-hybridized carbons (Fsp3) is 0.864. The van der Waals surface area contributed by atoms with E-state index in [-0.39, 0.29) is 34.1 Å². The van der Waals surface area contributed by atoms with Crippen LogP contribution in [0.2, 0.25) is 0 Å². The second-order valence-corrected chi connectivity index (χ2v) is 28.6. The van der Waals surface area contributed by atoms with Gasteiger partial charge in [-0.15, -0.1) is 0 Å². The fourth-order valence-electron chi connectivity index (χ4n) is 12.2. The van der Waals surface area contributed by atoms with Gasteiger partial charge in [0.1, 0.15) is 0 Å². The predicted molar refractivity (Wildman–Crippen MR) is 422 cm³/mol. The largest absolute Gasteiger partial charge is 0.481 e. The Kier molecular flexibility index (Phi) is 113. The first-order valence-electron chi connectivity index (χ1n) is 42.6. The van der Waals surface area contributed by atoms with Gasteiger partial charge in [0.15, 0.2) is 0 Å². The van der Waals surface area contributed by atoms with Crippen LogP contribution in [0, 0.1) is 0 Å². The Morgan fingerprint density at radius 3 is 0.367 bits per heavy atom. The number of carbonyl (C=O) groups is 4. The van der Waals surface area contributed by atoms with Crippen molar-refractivity contribution in [3.05, 3.63) is 48.6 Å². The summed E-state index contributed by atoms with van der Waals surface area (Å²) in [5.41, 5.74) is 0. The quantitative estimate of drug-likeness (QED) is 0.0267. The van der Waals surface area contributed by atoms with Crippen LogP contribution in [0.25, 0.3) is 0 Å². The maximum absolute atomic E-state index is 10.4. The summed E-state index contributed by atoms with van der Waals surface area (Å²) in [4.78, 5) is 41.5. The Balaban J connectivity index is -0.000000286. The summed E-state index contributed by atoms with van der Waals surface area (Å²) in [6, 6.07) is 0. The van der Waals surface area contributed by atoms with Gasteiger partial charge >= 0.3 is 23.9 Å². The third kappa shape index (κ3) is 121. The molecule has 0 aliphatic heterocycles. The van der Waals surface area contributed by atoms with Crippen LogP contribution in [-0.4, -0.2) is 44.3 Å². The number of aliphatic carboxylic acids is 4. The van der Waals surface area contributed by atoms with E-state index in [2.05, 4.69) is 76.3 Å². The van der Waals surface area contributed by atoms with Crippen LogP contribution in [0.3, 0.4) is 0 Å². The molecule has 10 heteroatoms. The maximum atomic E-state index is 10.4. The summed E-state index contributed by atoms with van der Waals surface area (Å²) in [6.45, 7) is 9.09. The van der Waals surface area contributed by atoms with Gasteiger partial charge in [-0.2, -0.15) is 0 Å². The standard InChI is InChI=1S/4C22H42O2.Fe.Mn/c4*1-2-3-4-5-6-7-8-9-10-11-12-13-14-15-16-17-18-19-20-21-22(23)24;;/h4*9-10H,2-8,11-21H2,1H3,(H,23,24);;/b4*10-9-;;. The topological polar surface area (TPSA) is 149 Å². The van der Waals surface area contributed by atoms with Crippen LogP contribution in [-0.2, 0) is 53.3 Å². The molecular formula is C88H168FeMnO8. The molecule has 0 aromatic carbocycles. The van der Waals surface area contributed by atoms with Crippen LogP contribution < -0.4 is 0 Å². The summed E-state index contributed by atoms with van der Waals surface area (Å²) in [7, 11) is 0. The summed E-state index contributed by atoms with van der Waals surface area (Å²) in [6.07, 6.45) is 108. The molecule has 0 aliphatic carbocycles. The van der Waals surface area contributed by atoms with Crippen molar-refractivity contribution in [2.24, 2.45) is 0 Å². The summed E-state index contributed by atoms with van der Waals surface area (Å²) in [5, 5.41) is 34.2. The van der Waals surface area contributed by atoms with Gasteiger partial charge in [-0.25, -0.2) is 0 Å². The van der Waals surface area contributed by atoms with E-state index in [0.717, 1.165) is 51.4 Å². The molecule has 4 N–H and O–H groups in total. The SMILES string of the molecule is CCCCCCCC/C=C\CCCCCCCCCCCC(=O)O.CCCCCCCC/C=C\CCCCCCCCCCCC(=O)O.CCCCCCCC/C=C\CCCCCCCCCCCC(=O)O.CCCCCCCC/C=C\CCCCCCCCCCCC(=O)O.[Fe].[Mn]. The number of allylic oxidation sites excluding steroid dienone is 8. The van der Waals surface area contributed by atoms with Gasteiger partial charge in [0.2, 0.25) is 0 Å². The molecule has 0 spiro atoms. The molecule has 8 nitrogen and oxygen atoms in total. The smallest absolute Gasteiger partial charge is 0.303 e. The monoisotopic (exact) mass is 1460 g/mol. The third-order valence-electron chi connectivity index (χ3n) is 18.6. The van der Waals surface area contributed by atoms with Crippen molar-refractivity contribution < 1.29 is 73.7 Å². The molecule has 0 fully saturated rings. The van der Waals surface area contributed by atoms with E-state index in [0.29, 0.717) is 25.7 Å². The number of carboxylic acid groups (broad SMARTS) is 4. The number of hydrogen-bond donors (Lipinski definition) is 4. The minimum atomic E-state index is -0.656. The van der Waals surface area contributed by atoms with Crippen molar-refractivity contribution in [3.63, 3.8) is 0 Å². The van der Waals surface area contributed by atoms with Crippen molar-refractivity contribution >= 4 is 23.9 Å². The summed E-state index contributed by atoms with van der Waals surface area (Å²) in [5.74, 6) is -2.63. The van der Waals surface area contributed by atoms with Crippen LogP contribution in [0.5, 0.6) is 0 Å². The van der Waals surface area contributed by atoms with Gasteiger partial charge in [-0.1, -0.05) is 385 Å². The minimum absolute atomic E-state index is 0. The van der Waals surface area contributed by atoms with Crippen molar-refractivity contribution in [1.82, 2.24) is 0 Å². The first-order valence-corrected chi connectivity index (χ1v) is 42.6. The zero-order valence-corrected chi connectivity index (χ0v) is 68.0. The molecule has 0 bridgehead atoms. The van der Waals surface area contributed by atoms with Crippen molar-refractivity contribution in [3.8, 4) is 0 Å². The Bertz CT molecular complexity index is 1380. The van der Waals surface area contributed by atoms with Gasteiger partial charge in [0.05, 0.1) is 0 Å². The Labute approximate surface area is 632 Å². The first-order chi connectivity index (χ1) is 47.1. The molecule has 1 radical (unpaired) electrons. The Hall–Kier alpha value is -2.12. The molecule has 0 aliphatic rings. The minimum Gasteiger partial charge on any atom is -0.481 e. The number of carboxylic acids is 4. The van der Waals surface area contributed by atoms with Crippen molar-refractivity contribution in [1.29, 1.82) is 0 Å². The van der Waals surface area contributed by atoms with Gasteiger partial charge in [0.25, 0.3) is 0 Å². The fourth-order valence-corrected chi connectivity index (χ4v) is 12.2. The van der Waals surface area contributed by atoms with E-state index < -0.39 is 23.9 Å². The maximum Gasteiger partial charge on any atom is 0.303 e. The third-order valence-corrected chi connectivity index (χ3v) is 18.6. The number of unbranched alkanes of at least 4 members (excludes halogenated alkanes) is 60. The van der Waals surface area contributed by atoms with Crippen LogP contribution in [0.15, 0.2) is 48.6 Å². The van der Waals surface area contributed by atoms with Gasteiger partial charge in [-0.05, 0) is 128 Å².